The summed E-state index contributed by atoms with van der Waals surface area (Å²) in [6, 6.07) is 13.0. The molecule has 100 valence electrons. The molecule has 0 radical (unpaired) electrons. The maximum absolute atomic E-state index is 10.9. The lowest BCUT2D eigenvalue weighted by molar-refractivity contribution is 0.0702. The van der Waals surface area contributed by atoms with E-state index in [4.69, 9.17) is 9.84 Å². The van der Waals surface area contributed by atoms with Gasteiger partial charge in [0.05, 0.1) is 0 Å². The van der Waals surface area contributed by atoms with Gasteiger partial charge in [-0.1, -0.05) is 18.2 Å². The minimum absolute atomic E-state index is 0.350. The number of pyridine rings is 1. The normalized spacial score (nSPS) is 10.6. The Labute approximate surface area is 119 Å². The Morgan fingerprint density at radius 2 is 2.15 bits per heavy atom. The monoisotopic (exact) mass is 285 g/mol. The Morgan fingerprint density at radius 1 is 1.25 bits per heavy atom. The number of nitrogens with zero attached hydrogens (tertiary/aromatic N) is 1. The number of aromatic nitrogens is 1. The van der Waals surface area contributed by atoms with Gasteiger partial charge in [0.2, 0.25) is 5.88 Å². The van der Waals surface area contributed by atoms with Crippen molar-refractivity contribution in [1.29, 1.82) is 0 Å². The second kappa shape index (κ2) is 5.30. The highest BCUT2D eigenvalue weighted by atomic mass is 32.1. The van der Waals surface area contributed by atoms with E-state index >= 15 is 0 Å². The molecule has 0 saturated heterocycles. The van der Waals surface area contributed by atoms with Crippen LogP contribution in [0.5, 0.6) is 5.88 Å². The van der Waals surface area contributed by atoms with Crippen molar-refractivity contribution in [3.8, 4) is 5.88 Å². The van der Waals surface area contributed by atoms with Gasteiger partial charge in [0, 0.05) is 17.0 Å². The van der Waals surface area contributed by atoms with Crippen LogP contribution in [0.4, 0.5) is 0 Å². The van der Waals surface area contributed by atoms with E-state index in [9.17, 15) is 4.79 Å². The van der Waals surface area contributed by atoms with Crippen molar-refractivity contribution in [2.75, 3.05) is 0 Å². The Balaban J connectivity index is 1.80. The standard InChI is InChI=1S/C15H11NO3S/c17-15(18)13-8-11-5-4-10(7-12(11)20-13)9-19-14-3-1-2-6-16-14/h1-8H,9H2,(H,17,18). The maximum atomic E-state index is 10.9. The van der Waals surface area contributed by atoms with Gasteiger partial charge < -0.3 is 9.84 Å². The first-order valence-electron chi connectivity index (χ1n) is 6.02. The summed E-state index contributed by atoms with van der Waals surface area (Å²) in [4.78, 5) is 15.4. The molecule has 0 atom stereocenters. The van der Waals surface area contributed by atoms with Gasteiger partial charge in [-0.25, -0.2) is 9.78 Å². The molecule has 3 rings (SSSR count). The van der Waals surface area contributed by atoms with Crippen LogP contribution in [0.25, 0.3) is 10.1 Å². The fourth-order valence-corrected chi connectivity index (χ4v) is 2.83. The second-order valence-electron chi connectivity index (χ2n) is 4.24. The Hall–Kier alpha value is -2.40. The van der Waals surface area contributed by atoms with E-state index in [0.717, 1.165) is 15.6 Å². The van der Waals surface area contributed by atoms with Gasteiger partial charge in [0.1, 0.15) is 11.5 Å². The van der Waals surface area contributed by atoms with E-state index in [1.807, 2.05) is 30.3 Å². The second-order valence-corrected chi connectivity index (χ2v) is 5.33. The number of ether oxygens (including phenoxy) is 1. The highest BCUT2D eigenvalue weighted by Gasteiger charge is 2.08. The van der Waals surface area contributed by atoms with E-state index in [1.165, 1.54) is 11.3 Å². The molecule has 0 saturated carbocycles. The Kier molecular flexibility index (Phi) is 3.35. The first-order chi connectivity index (χ1) is 9.72. The van der Waals surface area contributed by atoms with Gasteiger partial charge in [0.25, 0.3) is 0 Å². The first-order valence-corrected chi connectivity index (χ1v) is 6.83. The maximum Gasteiger partial charge on any atom is 0.345 e. The summed E-state index contributed by atoms with van der Waals surface area (Å²) in [5.41, 5.74) is 0.988. The molecule has 3 aromatic rings. The van der Waals surface area contributed by atoms with Crippen LogP contribution in [0.2, 0.25) is 0 Å². The fourth-order valence-electron chi connectivity index (χ4n) is 1.86. The third kappa shape index (κ3) is 2.62. The molecule has 2 aromatic heterocycles. The molecule has 0 aliphatic heterocycles. The molecule has 4 nitrogen and oxygen atoms in total. The van der Waals surface area contributed by atoms with Gasteiger partial charge in [-0.3, -0.25) is 0 Å². The third-order valence-electron chi connectivity index (χ3n) is 2.82. The molecular formula is C15H11NO3S. The summed E-state index contributed by atoms with van der Waals surface area (Å²) in [7, 11) is 0. The van der Waals surface area contributed by atoms with Crippen LogP contribution in [0.1, 0.15) is 15.2 Å². The van der Waals surface area contributed by atoms with Gasteiger partial charge in [0.15, 0.2) is 0 Å². The van der Waals surface area contributed by atoms with Gasteiger partial charge in [-0.15, -0.1) is 11.3 Å². The summed E-state index contributed by atoms with van der Waals surface area (Å²) in [5, 5.41) is 9.92. The number of fused-ring (bicyclic) bond motifs is 1. The predicted molar refractivity (Wildman–Crippen MR) is 77.4 cm³/mol. The summed E-state index contributed by atoms with van der Waals surface area (Å²) >= 11 is 1.27. The zero-order valence-corrected chi connectivity index (χ0v) is 11.3. The van der Waals surface area contributed by atoms with E-state index in [1.54, 1.807) is 18.3 Å². The van der Waals surface area contributed by atoms with Crippen LogP contribution in [-0.4, -0.2) is 16.1 Å². The molecule has 20 heavy (non-hydrogen) atoms. The van der Waals surface area contributed by atoms with Crippen molar-refractivity contribution in [1.82, 2.24) is 4.98 Å². The van der Waals surface area contributed by atoms with Crippen LogP contribution in [0.3, 0.4) is 0 Å². The third-order valence-corrected chi connectivity index (χ3v) is 3.91. The quantitative estimate of drug-likeness (QED) is 0.796. The summed E-state index contributed by atoms with van der Waals surface area (Å²) < 4.78 is 6.52. The number of hydrogen-bond donors (Lipinski definition) is 1. The number of carboxylic acids is 1. The number of aromatic carboxylic acids is 1. The minimum atomic E-state index is -0.891. The lowest BCUT2D eigenvalue weighted by Crippen LogP contribution is -1.96. The zero-order chi connectivity index (χ0) is 13.9. The predicted octanol–water partition coefficient (Wildman–Crippen LogP) is 3.57. The largest absolute Gasteiger partial charge is 0.477 e. The van der Waals surface area contributed by atoms with Crippen molar-refractivity contribution in [3.05, 3.63) is 59.1 Å². The SMILES string of the molecule is O=C(O)c1cc2ccc(COc3ccccn3)cc2s1. The van der Waals surface area contributed by atoms with Crippen LogP contribution in [0.15, 0.2) is 48.7 Å². The highest BCUT2D eigenvalue weighted by Crippen LogP contribution is 2.27. The number of hydrogen-bond acceptors (Lipinski definition) is 4. The van der Waals surface area contributed by atoms with Crippen molar-refractivity contribution >= 4 is 27.4 Å². The fraction of sp³-hybridized carbons (Fsp3) is 0.0667. The molecule has 0 fully saturated rings. The van der Waals surface area contributed by atoms with Crippen molar-refractivity contribution in [2.24, 2.45) is 0 Å². The van der Waals surface area contributed by atoms with Gasteiger partial charge >= 0.3 is 5.97 Å². The van der Waals surface area contributed by atoms with E-state index < -0.39 is 5.97 Å². The van der Waals surface area contributed by atoms with Crippen LogP contribution < -0.4 is 4.74 Å². The molecule has 0 aliphatic rings. The molecule has 0 amide bonds. The van der Waals surface area contributed by atoms with Crippen LogP contribution >= 0.6 is 11.3 Å². The van der Waals surface area contributed by atoms with E-state index in [-0.39, 0.29) is 0 Å². The zero-order valence-electron chi connectivity index (χ0n) is 10.4. The van der Waals surface area contributed by atoms with Crippen molar-refractivity contribution in [2.45, 2.75) is 6.61 Å². The average molecular weight is 285 g/mol. The summed E-state index contributed by atoms with van der Waals surface area (Å²) in [6.07, 6.45) is 1.68. The molecule has 0 spiro atoms. The molecule has 0 unspecified atom stereocenters. The van der Waals surface area contributed by atoms with Gasteiger partial charge in [-0.2, -0.15) is 0 Å². The van der Waals surface area contributed by atoms with E-state index in [0.29, 0.717) is 17.4 Å². The average Bonchev–Trinajstić information content (AvgIpc) is 2.89. The lowest BCUT2D eigenvalue weighted by Gasteiger charge is -2.04. The minimum Gasteiger partial charge on any atom is -0.477 e. The van der Waals surface area contributed by atoms with Gasteiger partial charge in [-0.05, 0) is 29.1 Å². The van der Waals surface area contributed by atoms with Crippen molar-refractivity contribution in [3.63, 3.8) is 0 Å². The molecule has 1 aromatic carbocycles. The Morgan fingerprint density at radius 3 is 2.90 bits per heavy atom. The number of benzene rings is 1. The summed E-state index contributed by atoms with van der Waals surface area (Å²) in [6.45, 7) is 0.410. The molecule has 1 N–H and O–H groups in total. The highest BCUT2D eigenvalue weighted by molar-refractivity contribution is 7.20. The Bertz CT molecular complexity index is 752. The molecule has 5 heteroatoms. The number of thiophene rings is 1. The van der Waals surface area contributed by atoms with Crippen LogP contribution in [0, 0.1) is 0 Å². The molecule has 0 bridgehead atoms. The summed E-state index contributed by atoms with van der Waals surface area (Å²) in [5.74, 6) is -0.317. The first kappa shape index (κ1) is 12.6. The molecule has 0 aliphatic carbocycles. The lowest BCUT2D eigenvalue weighted by atomic mass is 10.2. The smallest absolute Gasteiger partial charge is 0.345 e. The van der Waals surface area contributed by atoms with Crippen LogP contribution in [-0.2, 0) is 6.61 Å². The number of carbonyl (C=O) groups is 1. The number of rotatable bonds is 4. The molecular weight excluding hydrogens is 274 g/mol. The molecule has 2 heterocycles. The van der Waals surface area contributed by atoms with E-state index in [2.05, 4.69) is 4.98 Å². The van der Waals surface area contributed by atoms with Crippen molar-refractivity contribution < 1.29 is 14.6 Å². The number of carboxylic acid groups (broad SMARTS) is 1. The topological polar surface area (TPSA) is 59.4 Å².